The van der Waals surface area contributed by atoms with Crippen LogP contribution in [-0.4, -0.2) is 34.8 Å². The van der Waals surface area contributed by atoms with Crippen molar-refractivity contribution < 1.29 is 9.47 Å². The predicted octanol–water partition coefficient (Wildman–Crippen LogP) is 4.41. The second kappa shape index (κ2) is 9.85. The van der Waals surface area contributed by atoms with Gasteiger partial charge in [0.25, 0.3) is 0 Å². The van der Waals surface area contributed by atoms with Crippen LogP contribution < -0.4 is 9.47 Å². The molecule has 0 bridgehead atoms. The van der Waals surface area contributed by atoms with Gasteiger partial charge in [0.15, 0.2) is 17.3 Å². The van der Waals surface area contributed by atoms with Crippen LogP contribution in [-0.2, 0) is 12.8 Å². The van der Waals surface area contributed by atoms with Crippen LogP contribution in [0.2, 0.25) is 0 Å². The van der Waals surface area contributed by atoms with Crippen LogP contribution in [0.1, 0.15) is 30.3 Å². The molecule has 1 N–H and O–H groups in total. The first-order chi connectivity index (χ1) is 13.7. The smallest absolute Gasteiger partial charge is 0.216 e. The fourth-order valence-corrected chi connectivity index (χ4v) is 2.98. The monoisotopic (exact) mass is 396 g/mol. The topological polar surface area (TPSA) is 64.4 Å². The number of aromatic amines is 1. The van der Waals surface area contributed by atoms with Crippen LogP contribution in [0.4, 0.5) is 0 Å². The van der Waals surface area contributed by atoms with Crippen molar-refractivity contribution in [3.05, 3.63) is 70.3 Å². The Morgan fingerprint density at radius 2 is 1.96 bits per heavy atom. The number of para-hydroxylation sites is 1. The number of hydrogen-bond acceptors (Lipinski definition) is 5. The lowest BCUT2D eigenvalue weighted by Crippen LogP contribution is -2.04. The highest BCUT2D eigenvalue weighted by molar-refractivity contribution is 7.71. The highest BCUT2D eigenvalue weighted by Gasteiger charge is 2.10. The zero-order chi connectivity index (χ0) is 19.8. The van der Waals surface area contributed by atoms with Crippen molar-refractivity contribution >= 4 is 18.4 Å². The number of aromatic nitrogens is 3. The zero-order valence-corrected chi connectivity index (χ0v) is 16.9. The van der Waals surface area contributed by atoms with E-state index in [9.17, 15) is 0 Å². The predicted molar refractivity (Wildman–Crippen MR) is 113 cm³/mol. The SMILES string of the molecule is CCCOc1c(/C=N\n2c(CCc3ccccc3)n[nH]c2=S)cccc1OC. The molecule has 146 valence electrons. The average molecular weight is 397 g/mol. The lowest BCUT2D eigenvalue weighted by Gasteiger charge is -2.12. The summed E-state index contributed by atoms with van der Waals surface area (Å²) < 4.78 is 13.4. The number of aryl methyl sites for hydroxylation is 2. The second-order valence-corrected chi connectivity index (χ2v) is 6.60. The van der Waals surface area contributed by atoms with Gasteiger partial charge in [-0.25, -0.2) is 0 Å². The van der Waals surface area contributed by atoms with E-state index >= 15 is 0 Å². The molecule has 0 aliphatic carbocycles. The van der Waals surface area contributed by atoms with E-state index < -0.39 is 0 Å². The molecule has 1 heterocycles. The minimum atomic E-state index is 0.457. The third-order valence-corrected chi connectivity index (χ3v) is 4.45. The molecule has 0 aliphatic rings. The summed E-state index contributed by atoms with van der Waals surface area (Å²) in [7, 11) is 1.63. The van der Waals surface area contributed by atoms with E-state index in [1.165, 1.54) is 5.56 Å². The Balaban J connectivity index is 1.83. The summed E-state index contributed by atoms with van der Waals surface area (Å²) in [6.45, 7) is 2.67. The van der Waals surface area contributed by atoms with Crippen LogP contribution in [0.15, 0.2) is 53.6 Å². The molecule has 0 unspecified atom stereocenters. The molecule has 0 radical (unpaired) electrons. The molecule has 0 saturated carbocycles. The van der Waals surface area contributed by atoms with Gasteiger partial charge in [-0.2, -0.15) is 14.9 Å². The van der Waals surface area contributed by atoms with Gasteiger partial charge in [0.05, 0.1) is 19.9 Å². The van der Waals surface area contributed by atoms with Crippen LogP contribution >= 0.6 is 12.2 Å². The lowest BCUT2D eigenvalue weighted by molar-refractivity contribution is 0.294. The first kappa shape index (κ1) is 19.8. The molecular formula is C21H24N4O2S. The first-order valence-corrected chi connectivity index (χ1v) is 9.68. The maximum atomic E-state index is 5.87. The van der Waals surface area contributed by atoms with Crippen molar-refractivity contribution in [1.82, 2.24) is 14.9 Å². The lowest BCUT2D eigenvalue weighted by atomic mass is 10.1. The molecule has 6 nitrogen and oxygen atoms in total. The fraction of sp³-hybridized carbons (Fsp3) is 0.286. The quantitative estimate of drug-likeness (QED) is 0.430. The Morgan fingerprint density at radius 3 is 2.71 bits per heavy atom. The van der Waals surface area contributed by atoms with Crippen molar-refractivity contribution in [2.75, 3.05) is 13.7 Å². The molecular weight excluding hydrogens is 372 g/mol. The van der Waals surface area contributed by atoms with Gasteiger partial charge in [0.1, 0.15) is 0 Å². The largest absolute Gasteiger partial charge is 0.493 e. The van der Waals surface area contributed by atoms with Gasteiger partial charge in [-0.3, -0.25) is 5.10 Å². The molecule has 0 aliphatic heterocycles. The molecule has 2 aromatic carbocycles. The van der Waals surface area contributed by atoms with E-state index in [1.54, 1.807) is 18.0 Å². The van der Waals surface area contributed by atoms with E-state index in [1.807, 2.05) is 36.4 Å². The van der Waals surface area contributed by atoms with E-state index in [-0.39, 0.29) is 0 Å². The number of nitrogens with one attached hydrogen (secondary N) is 1. The van der Waals surface area contributed by atoms with E-state index in [0.717, 1.165) is 30.7 Å². The van der Waals surface area contributed by atoms with Crippen LogP contribution in [0.3, 0.4) is 0 Å². The number of methoxy groups -OCH3 is 1. The van der Waals surface area contributed by atoms with Crippen molar-refractivity contribution in [3.63, 3.8) is 0 Å². The summed E-state index contributed by atoms with van der Waals surface area (Å²) in [6, 6.07) is 16.0. The molecule has 0 saturated heterocycles. The van der Waals surface area contributed by atoms with Gasteiger partial charge in [-0.05, 0) is 42.8 Å². The Hall–Kier alpha value is -2.93. The number of hydrogen-bond donors (Lipinski definition) is 1. The fourth-order valence-electron chi connectivity index (χ4n) is 2.78. The molecule has 0 spiro atoms. The molecule has 28 heavy (non-hydrogen) atoms. The third kappa shape index (κ3) is 4.86. The summed E-state index contributed by atoms with van der Waals surface area (Å²) in [5.74, 6) is 2.14. The average Bonchev–Trinajstić information content (AvgIpc) is 3.09. The van der Waals surface area contributed by atoms with Crippen molar-refractivity contribution in [3.8, 4) is 11.5 Å². The Morgan fingerprint density at radius 1 is 1.14 bits per heavy atom. The Labute approximate surface area is 169 Å². The first-order valence-electron chi connectivity index (χ1n) is 9.27. The number of rotatable bonds is 9. The summed E-state index contributed by atoms with van der Waals surface area (Å²) >= 11 is 5.35. The summed E-state index contributed by atoms with van der Waals surface area (Å²) in [5.41, 5.74) is 2.07. The van der Waals surface area contributed by atoms with Crippen molar-refractivity contribution in [2.45, 2.75) is 26.2 Å². The van der Waals surface area contributed by atoms with Gasteiger partial charge in [0, 0.05) is 12.0 Å². The Bertz CT molecular complexity index is 980. The van der Waals surface area contributed by atoms with E-state index in [2.05, 4.69) is 34.4 Å². The molecule has 3 rings (SSSR count). The summed E-state index contributed by atoms with van der Waals surface area (Å²) in [5, 5.41) is 11.7. The molecule has 7 heteroatoms. The van der Waals surface area contributed by atoms with Crippen molar-refractivity contribution in [1.29, 1.82) is 0 Å². The number of ether oxygens (including phenoxy) is 2. The van der Waals surface area contributed by atoms with Gasteiger partial charge < -0.3 is 9.47 Å². The highest BCUT2D eigenvalue weighted by atomic mass is 32.1. The van der Waals surface area contributed by atoms with Crippen LogP contribution in [0, 0.1) is 4.77 Å². The molecule has 0 atom stereocenters. The minimum absolute atomic E-state index is 0.457. The zero-order valence-electron chi connectivity index (χ0n) is 16.1. The van der Waals surface area contributed by atoms with E-state index in [0.29, 0.717) is 22.9 Å². The third-order valence-electron chi connectivity index (χ3n) is 4.19. The maximum absolute atomic E-state index is 5.87. The van der Waals surface area contributed by atoms with E-state index in [4.69, 9.17) is 21.7 Å². The number of nitrogens with zero attached hydrogens (tertiary/aromatic N) is 3. The standard InChI is InChI=1S/C21H24N4O2S/c1-3-14-27-20-17(10-7-11-18(20)26-2)15-22-25-19(23-24-21(25)28)13-12-16-8-5-4-6-9-16/h4-11,15H,3,12-14H2,1-2H3,(H,24,28)/b22-15-. The normalized spacial score (nSPS) is 11.1. The van der Waals surface area contributed by atoms with Crippen LogP contribution in [0.25, 0.3) is 0 Å². The molecule has 0 amide bonds. The van der Waals surface area contributed by atoms with Gasteiger partial charge in [-0.1, -0.05) is 43.3 Å². The van der Waals surface area contributed by atoms with Crippen LogP contribution in [0.5, 0.6) is 11.5 Å². The molecule has 0 fully saturated rings. The van der Waals surface area contributed by atoms with Gasteiger partial charge in [-0.15, -0.1) is 0 Å². The highest BCUT2D eigenvalue weighted by Crippen LogP contribution is 2.30. The maximum Gasteiger partial charge on any atom is 0.216 e. The number of H-pyrrole nitrogens is 1. The molecule has 1 aromatic heterocycles. The number of benzene rings is 2. The summed E-state index contributed by atoms with van der Waals surface area (Å²) in [4.78, 5) is 0. The molecule has 3 aromatic rings. The van der Waals surface area contributed by atoms with Gasteiger partial charge in [0.2, 0.25) is 4.77 Å². The summed E-state index contributed by atoms with van der Waals surface area (Å²) in [6.07, 6.45) is 4.22. The Kier molecular flexibility index (Phi) is 6.97. The van der Waals surface area contributed by atoms with Gasteiger partial charge >= 0.3 is 0 Å². The minimum Gasteiger partial charge on any atom is -0.493 e. The second-order valence-electron chi connectivity index (χ2n) is 6.21. The van der Waals surface area contributed by atoms with Crippen molar-refractivity contribution in [2.24, 2.45) is 5.10 Å².